The molecule has 0 bridgehead atoms. The molecule has 0 spiro atoms. The minimum Gasteiger partial charge on any atom is -0.317 e. The summed E-state index contributed by atoms with van der Waals surface area (Å²) in [5.74, 6) is -0.996. The van der Waals surface area contributed by atoms with Crippen molar-refractivity contribution in [3.8, 4) is 0 Å². The van der Waals surface area contributed by atoms with Crippen LogP contribution in [0.4, 0.5) is 8.78 Å². The van der Waals surface area contributed by atoms with Crippen molar-refractivity contribution >= 4 is 0 Å². The average Bonchev–Trinajstić information content (AvgIpc) is 2.57. The Morgan fingerprint density at radius 2 is 2.11 bits per heavy atom. The van der Waals surface area contributed by atoms with Gasteiger partial charge in [0.1, 0.15) is 11.6 Å². The van der Waals surface area contributed by atoms with Gasteiger partial charge in [0.25, 0.3) is 0 Å². The van der Waals surface area contributed by atoms with Gasteiger partial charge in [-0.15, -0.1) is 0 Å². The van der Waals surface area contributed by atoms with Crippen LogP contribution in [0.15, 0.2) is 18.2 Å². The first-order valence-electron chi connectivity index (χ1n) is 6.58. The average molecular weight is 254 g/mol. The number of nitrogens with one attached hydrogen (secondary N) is 2. The zero-order chi connectivity index (χ0) is 13.0. The molecule has 0 radical (unpaired) electrons. The molecule has 18 heavy (non-hydrogen) atoms. The van der Waals surface area contributed by atoms with Crippen LogP contribution in [0, 0.1) is 11.6 Å². The van der Waals surface area contributed by atoms with Crippen LogP contribution in [0.1, 0.15) is 37.8 Å². The maximum atomic E-state index is 13.6. The van der Waals surface area contributed by atoms with E-state index in [9.17, 15) is 8.78 Å². The first-order valence-corrected chi connectivity index (χ1v) is 6.58. The van der Waals surface area contributed by atoms with Gasteiger partial charge in [-0.1, -0.05) is 6.07 Å². The van der Waals surface area contributed by atoms with Crippen molar-refractivity contribution < 1.29 is 8.78 Å². The lowest BCUT2D eigenvalue weighted by Crippen LogP contribution is -2.32. The highest BCUT2D eigenvalue weighted by molar-refractivity contribution is 5.21. The monoisotopic (exact) mass is 254 g/mol. The molecule has 0 amide bonds. The lowest BCUT2D eigenvalue weighted by molar-refractivity contribution is 0.411. The van der Waals surface area contributed by atoms with Crippen LogP contribution in [0.2, 0.25) is 0 Å². The molecule has 0 saturated carbocycles. The largest absolute Gasteiger partial charge is 0.317 e. The van der Waals surface area contributed by atoms with E-state index in [0.29, 0.717) is 11.6 Å². The summed E-state index contributed by atoms with van der Waals surface area (Å²) in [6, 6.07) is 4.10. The summed E-state index contributed by atoms with van der Waals surface area (Å²) in [5.41, 5.74) is 0.536. The molecule has 2 nitrogen and oxygen atoms in total. The Morgan fingerprint density at radius 1 is 1.28 bits per heavy atom. The van der Waals surface area contributed by atoms with Crippen LogP contribution in [-0.4, -0.2) is 19.1 Å². The Morgan fingerprint density at radius 3 is 2.89 bits per heavy atom. The number of benzene rings is 1. The fourth-order valence-electron chi connectivity index (χ4n) is 2.48. The van der Waals surface area contributed by atoms with Crippen LogP contribution in [0.5, 0.6) is 0 Å². The highest BCUT2D eigenvalue weighted by atomic mass is 19.1. The summed E-state index contributed by atoms with van der Waals surface area (Å²) in [7, 11) is 0. The molecule has 0 aliphatic carbocycles. The molecule has 2 unspecified atom stereocenters. The van der Waals surface area contributed by atoms with Crippen LogP contribution in [-0.2, 0) is 0 Å². The summed E-state index contributed by atoms with van der Waals surface area (Å²) < 4.78 is 26.5. The van der Waals surface area contributed by atoms with E-state index >= 15 is 0 Å². The molecule has 2 atom stereocenters. The molecule has 100 valence electrons. The molecule has 1 aromatic carbocycles. The van der Waals surface area contributed by atoms with Crippen molar-refractivity contribution in [2.75, 3.05) is 13.1 Å². The second-order valence-corrected chi connectivity index (χ2v) is 4.93. The highest BCUT2D eigenvalue weighted by Crippen LogP contribution is 2.19. The first-order chi connectivity index (χ1) is 8.66. The van der Waals surface area contributed by atoms with E-state index in [1.165, 1.54) is 12.1 Å². The molecular formula is C14H20F2N2. The molecule has 1 aliphatic rings. The van der Waals surface area contributed by atoms with E-state index in [1.807, 2.05) is 6.92 Å². The summed E-state index contributed by atoms with van der Waals surface area (Å²) in [5, 5.41) is 6.78. The van der Waals surface area contributed by atoms with Gasteiger partial charge >= 0.3 is 0 Å². The van der Waals surface area contributed by atoms with Gasteiger partial charge in [0.15, 0.2) is 0 Å². The molecular weight excluding hydrogens is 234 g/mol. The van der Waals surface area contributed by atoms with E-state index in [1.54, 1.807) is 0 Å². The normalized spacial score (nSPS) is 22.5. The Hall–Kier alpha value is -1.00. The minimum atomic E-state index is -0.526. The Kier molecular flexibility index (Phi) is 4.66. The molecule has 0 aromatic heterocycles. The number of hydrogen-bond donors (Lipinski definition) is 2. The van der Waals surface area contributed by atoms with Gasteiger partial charge in [-0.25, -0.2) is 8.78 Å². The fraction of sp³-hybridized carbons (Fsp3) is 0.571. The first kappa shape index (κ1) is 13.4. The van der Waals surface area contributed by atoms with Gasteiger partial charge in [-0.05, 0) is 45.3 Å². The zero-order valence-corrected chi connectivity index (χ0v) is 10.7. The molecule has 2 rings (SSSR count). The molecule has 2 N–H and O–H groups in total. The predicted octanol–water partition coefficient (Wildman–Crippen LogP) is 2.76. The maximum absolute atomic E-state index is 13.6. The SMILES string of the molecule is CC(NC1CCCNCC1)c1ccc(F)cc1F. The van der Waals surface area contributed by atoms with Gasteiger partial charge in [0.2, 0.25) is 0 Å². The van der Waals surface area contributed by atoms with E-state index in [4.69, 9.17) is 0 Å². The summed E-state index contributed by atoms with van der Waals surface area (Å²) in [4.78, 5) is 0. The van der Waals surface area contributed by atoms with Crippen molar-refractivity contribution in [2.45, 2.75) is 38.3 Å². The van der Waals surface area contributed by atoms with Gasteiger partial charge in [0.05, 0.1) is 0 Å². The standard InChI is InChI=1S/C14H20F2N2/c1-10(13-5-4-11(15)9-14(13)16)18-12-3-2-7-17-8-6-12/h4-5,9-10,12,17-18H,2-3,6-8H2,1H3. The Labute approximate surface area is 107 Å². The highest BCUT2D eigenvalue weighted by Gasteiger charge is 2.17. The Balaban J connectivity index is 1.99. The van der Waals surface area contributed by atoms with Gasteiger partial charge in [-0.2, -0.15) is 0 Å². The second-order valence-electron chi connectivity index (χ2n) is 4.93. The lowest BCUT2D eigenvalue weighted by Gasteiger charge is -2.22. The molecule has 4 heteroatoms. The Bertz CT molecular complexity index is 387. The van der Waals surface area contributed by atoms with Crippen molar-refractivity contribution in [3.63, 3.8) is 0 Å². The van der Waals surface area contributed by atoms with Crippen molar-refractivity contribution in [1.82, 2.24) is 10.6 Å². The molecule has 1 aliphatic heterocycles. The molecule has 1 saturated heterocycles. The van der Waals surface area contributed by atoms with Crippen LogP contribution in [0.25, 0.3) is 0 Å². The van der Waals surface area contributed by atoms with Crippen molar-refractivity contribution in [1.29, 1.82) is 0 Å². The van der Waals surface area contributed by atoms with Crippen LogP contribution in [0.3, 0.4) is 0 Å². The predicted molar refractivity (Wildman–Crippen MR) is 68.4 cm³/mol. The fourth-order valence-corrected chi connectivity index (χ4v) is 2.48. The topological polar surface area (TPSA) is 24.1 Å². The number of rotatable bonds is 3. The smallest absolute Gasteiger partial charge is 0.130 e. The quantitative estimate of drug-likeness (QED) is 0.866. The van der Waals surface area contributed by atoms with Gasteiger partial charge in [0, 0.05) is 23.7 Å². The van der Waals surface area contributed by atoms with Crippen molar-refractivity contribution in [2.24, 2.45) is 0 Å². The van der Waals surface area contributed by atoms with Crippen molar-refractivity contribution in [3.05, 3.63) is 35.4 Å². The number of hydrogen-bond acceptors (Lipinski definition) is 2. The zero-order valence-electron chi connectivity index (χ0n) is 10.7. The van der Waals surface area contributed by atoms with Crippen LogP contribution < -0.4 is 10.6 Å². The van der Waals surface area contributed by atoms with Gasteiger partial charge < -0.3 is 10.6 Å². The summed E-state index contributed by atoms with van der Waals surface area (Å²) in [6.45, 7) is 3.97. The third-order valence-corrected chi connectivity index (χ3v) is 3.49. The molecule has 1 fully saturated rings. The van der Waals surface area contributed by atoms with E-state index in [0.717, 1.165) is 38.4 Å². The second kappa shape index (κ2) is 6.25. The number of halogens is 2. The van der Waals surface area contributed by atoms with E-state index < -0.39 is 11.6 Å². The van der Waals surface area contributed by atoms with E-state index in [-0.39, 0.29) is 6.04 Å². The lowest BCUT2D eigenvalue weighted by atomic mass is 10.0. The minimum absolute atomic E-state index is 0.0892. The molecule has 1 heterocycles. The summed E-state index contributed by atoms with van der Waals surface area (Å²) >= 11 is 0. The third kappa shape index (κ3) is 3.50. The maximum Gasteiger partial charge on any atom is 0.130 e. The van der Waals surface area contributed by atoms with E-state index in [2.05, 4.69) is 10.6 Å². The molecule has 1 aromatic rings. The van der Waals surface area contributed by atoms with Crippen LogP contribution >= 0.6 is 0 Å². The third-order valence-electron chi connectivity index (χ3n) is 3.49. The van der Waals surface area contributed by atoms with Gasteiger partial charge in [-0.3, -0.25) is 0 Å². The summed E-state index contributed by atoms with van der Waals surface area (Å²) in [6.07, 6.45) is 3.28.